The fourth-order valence-electron chi connectivity index (χ4n) is 1.55. The van der Waals surface area contributed by atoms with Gasteiger partial charge in [0, 0.05) is 25.1 Å². The normalized spacial score (nSPS) is 10.3. The molecule has 0 amide bonds. The van der Waals surface area contributed by atoms with E-state index in [9.17, 15) is 0 Å². The van der Waals surface area contributed by atoms with Crippen LogP contribution in [0.15, 0.2) is 30.7 Å². The molecule has 4 heteroatoms. The molecular weight excluding hydrogens is 234 g/mol. The topological polar surface area (TPSA) is 37.8 Å². The predicted molar refractivity (Wildman–Crippen MR) is 70.3 cm³/mol. The fraction of sp³-hybridized carbons (Fsp3) is 0.231. The summed E-state index contributed by atoms with van der Waals surface area (Å²) in [4.78, 5) is 8.21. The van der Waals surface area contributed by atoms with E-state index in [0.717, 1.165) is 16.8 Å². The summed E-state index contributed by atoms with van der Waals surface area (Å²) in [5.41, 5.74) is 4.31. The van der Waals surface area contributed by atoms with Crippen molar-refractivity contribution in [3.05, 3.63) is 52.6 Å². The van der Waals surface area contributed by atoms with Gasteiger partial charge in [-0.1, -0.05) is 11.6 Å². The summed E-state index contributed by atoms with van der Waals surface area (Å²) in [5.74, 6) is 0. The summed E-state index contributed by atoms with van der Waals surface area (Å²) in [5, 5.41) is 3.77. The van der Waals surface area contributed by atoms with Crippen LogP contribution in [0.1, 0.15) is 16.7 Å². The van der Waals surface area contributed by atoms with Crippen LogP contribution in [-0.4, -0.2) is 9.97 Å². The third kappa shape index (κ3) is 2.94. The molecule has 2 aromatic heterocycles. The SMILES string of the molecule is Cc1cnc(Cl)c(NCc2cnccc2C)c1. The van der Waals surface area contributed by atoms with Gasteiger partial charge in [-0.25, -0.2) is 4.98 Å². The second-order valence-electron chi connectivity index (χ2n) is 4.01. The van der Waals surface area contributed by atoms with E-state index < -0.39 is 0 Å². The van der Waals surface area contributed by atoms with Crippen LogP contribution >= 0.6 is 11.6 Å². The maximum atomic E-state index is 6.01. The molecular formula is C13H14ClN3. The molecule has 3 nitrogen and oxygen atoms in total. The van der Waals surface area contributed by atoms with Gasteiger partial charge in [0.25, 0.3) is 0 Å². The predicted octanol–water partition coefficient (Wildman–Crippen LogP) is 3.36. The Hall–Kier alpha value is -1.61. The molecule has 0 bridgehead atoms. The van der Waals surface area contributed by atoms with E-state index in [0.29, 0.717) is 11.7 Å². The largest absolute Gasteiger partial charge is 0.378 e. The zero-order valence-corrected chi connectivity index (χ0v) is 10.6. The second kappa shape index (κ2) is 5.15. The Kier molecular flexibility index (Phi) is 3.59. The van der Waals surface area contributed by atoms with Crippen LogP contribution in [-0.2, 0) is 6.54 Å². The van der Waals surface area contributed by atoms with Crippen LogP contribution in [0.5, 0.6) is 0 Å². The number of hydrogen-bond acceptors (Lipinski definition) is 3. The molecule has 2 aromatic rings. The third-order valence-electron chi connectivity index (χ3n) is 2.59. The minimum absolute atomic E-state index is 0.497. The van der Waals surface area contributed by atoms with Gasteiger partial charge in [0.15, 0.2) is 5.15 Å². The van der Waals surface area contributed by atoms with Crippen LogP contribution in [0, 0.1) is 13.8 Å². The highest BCUT2D eigenvalue weighted by molar-refractivity contribution is 6.31. The molecule has 0 aliphatic carbocycles. The fourth-order valence-corrected chi connectivity index (χ4v) is 1.72. The second-order valence-corrected chi connectivity index (χ2v) is 4.36. The van der Waals surface area contributed by atoms with E-state index in [4.69, 9.17) is 11.6 Å². The first kappa shape index (κ1) is 11.9. The lowest BCUT2D eigenvalue weighted by Crippen LogP contribution is -2.03. The van der Waals surface area contributed by atoms with Gasteiger partial charge in [0.1, 0.15) is 0 Å². The summed E-state index contributed by atoms with van der Waals surface area (Å²) in [6, 6.07) is 3.98. The van der Waals surface area contributed by atoms with E-state index in [1.807, 2.05) is 25.3 Å². The maximum absolute atomic E-state index is 6.01. The Bertz CT molecular complexity index is 526. The lowest BCUT2D eigenvalue weighted by molar-refractivity contribution is 1.07. The van der Waals surface area contributed by atoms with Gasteiger partial charge in [-0.2, -0.15) is 0 Å². The molecule has 0 aliphatic heterocycles. The standard InChI is InChI=1S/C13H14ClN3/c1-9-5-12(13(14)17-6-9)16-8-11-7-15-4-3-10(11)2/h3-7,16H,8H2,1-2H3. The first-order valence-electron chi connectivity index (χ1n) is 5.42. The molecule has 0 radical (unpaired) electrons. The lowest BCUT2D eigenvalue weighted by atomic mass is 10.1. The first-order valence-corrected chi connectivity index (χ1v) is 5.80. The molecule has 0 aliphatic rings. The van der Waals surface area contributed by atoms with Crippen molar-refractivity contribution in [1.29, 1.82) is 0 Å². The molecule has 2 rings (SSSR count). The summed E-state index contributed by atoms with van der Waals surface area (Å²) in [7, 11) is 0. The number of nitrogens with zero attached hydrogens (tertiary/aromatic N) is 2. The van der Waals surface area contributed by atoms with Crippen LogP contribution in [0.25, 0.3) is 0 Å². The molecule has 0 unspecified atom stereocenters. The summed E-state index contributed by atoms with van der Waals surface area (Å²) >= 11 is 6.01. The number of hydrogen-bond donors (Lipinski definition) is 1. The Morgan fingerprint density at radius 1 is 1.29 bits per heavy atom. The van der Waals surface area contributed by atoms with E-state index in [1.165, 1.54) is 5.56 Å². The molecule has 88 valence electrons. The van der Waals surface area contributed by atoms with Crippen molar-refractivity contribution >= 4 is 17.3 Å². The highest BCUT2D eigenvalue weighted by Crippen LogP contribution is 2.20. The van der Waals surface area contributed by atoms with Crippen molar-refractivity contribution in [3.63, 3.8) is 0 Å². The van der Waals surface area contributed by atoms with Crippen LogP contribution in [0.3, 0.4) is 0 Å². The zero-order valence-electron chi connectivity index (χ0n) is 9.87. The Morgan fingerprint density at radius 2 is 2.12 bits per heavy atom. The molecule has 0 fully saturated rings. The van der Waals surface area contributed by atoms with Gasteiger partial charge in [-0.3, -0.25) is 4.98 Å². The monoisotopic (exact) mass is 247 g/mol. The highest BCUT2D eigenvalue weighted by Gasteiger charge is 2.03. The number of anilines is 1. The van der Waals surface area contributed by atoms with Crippen LogP contribution in [0.4, 0.5) is 5.69 Å². The molecule has 0 atom stereocenters. The average molecular weight is 248 g/mol. The molecule has 1 N–H and O–H groups in total. The maximum Gasteiger partial charge on any atom is 0.152 e. The van der Waals surface area contributed by atoms with Crippen molar-refractivity contribution in [2.45, 2.75) is 20.4 Å². The third-order valence-corrected chi connectivity index (χ3v) is 2.89. The van der Waals surface area contributed by atoms with Gasteiger partial charge in [-0.15, -0.1) is 0 Å². The number of pyridine rings is 2. The lowest BCUT2D eigenvalue weighted by Gasteiger charge is -2.10. The Balaban J connectivity index is 2.12. The first-order chi connectivity index (χ1) is 8.16. The van der Waals surface area contributed by atoms with Gasteiger partial charge in [0.2, 0.25) is 0 Å². The van der Waals surface area contributed by atoms with Gasteiger partial charge < -0.3 is 5.32 Å². The average Bonchev–Trinajstić information content (AvgIpc) is 2.32. The quantitative estimate of drug-likeness (QED) is 0.846. The number of aryl methyl sites for hydroxylation is 2. The van der Waals surface area contributed by atoms with Crippen molar-refractivity contribution in [2.24, 2.45) is 0 Å². The molecule has 0 saturated carbocycles. The molecule has 2 heterocycles. The number of nitrogens with one attached hydrogen (secondary N) is 1. The molecule has 0 spiro atoms. The molecule has 17 heavy (non-hydrogen) atoms. The highest BCUT2D eigenvalue weighted by atomic mass is 35.5. The molecule has 0 saturated heterocycles. The van der Waals surface area contributed by atoms with Crippen molar-refractivity contribution < 1.29 is 0 Å². The van der Waals surface area contributed by atoms with E-state index in [1.54, 1.807) is 12.4 Å². The van der Waals surface area contributed by atoms with Crippen molar-refractivity contribution in [2.75, 3.05) is 5.32 Å². The smallest absolute Gasteiger partial charge is 0.152 e. The van der Waals surface area contributed by atoms with Crippen molar-refractivity contribution in [3.8, 4) is 0 Å². The van der Waals surface area contributed by atoms with Gasteiger partial charge in [0.05, 0.1) is 5.69 Å². The number of halogens is 1. The van der Waals surface area contributed by atoms with Crippen molar-refractivity contribution in [1.82, 2.24) is 9.97 Å². The summed E-state index contributed by atoms with van der Waals surface area (Å²) in [6.45, 7) is 4.75. The van der Waals surface area contributed by atoms with E-state index in [-0.39, 0.29) is 0 Å². The Morgan fingerprint density at radius 3 is 2.88 bits per heavy atom. The minimum Gasteiger partial charge on any atom is -0.378 e. The van der Waals surface area contributed by atoms with E-state index >= 15 is 0 Å². The van der Waals surface area contributed by atoms with Gasteiger partial charge >= 0.3 is 0 Å². The van der Waals surface area contributed by atoms with Gasteiger partial charge in [-0.05, 0) is 42.7 Å². The van der Waals surface area contributed by atoms with Crippen LogP contribution < -0.4 is 5.32 Å². The Labute approximate surface area is 106 Å². The molecule has 0 aromatic carbocycles. The minimum atomic E-state index is 0.497. The number of aromatic nitrogens is 2. The van der Waals surface area contributed by atoms with E-state index in [2.05, 4.69) is 22.2 Å². The number of rotatable bonds is 3. The zero-order chi connectivity index (χ0) is 12.3. The summed E-state index contributed by atoms with van der Waals surface area (Å²) < 4.78 is 0. The van der Waals surface area contributed by atoms with Crippen LogP contribution in [0.2, 0.25) is 5.15 Å². The summed E-state index contributed by atoms with van der Waals surface area (Å²) in [6.07, 6.45) is 5.41.